The van der Waals surface area contributed by atoms with Gasteiger partial charge in [-0.2, -0.15) is 0 Å². The number of fused-ring (bicyclic) bond motifs is 1. The van der Waals surface area contributed by atoms with Gasteiger partial charge < -0.3 is 19.7 Å². The van der Waals surface area contributed by atoms with Gasteiger partial charge in [-0.15, -0.1) is 11.3 Å². The molecular formula is C18H19N3O4S. The molecule has 26 heavy (non-hydrogen) atoms. The number of carbonyl (C=O) groups is 2. The zero-order valence-electron chi connectivity index (χ0n) is 14.3. The third-order valence-electron chi connectivity index (χ3n) is 4.59. The molecule has 136 valence electrons. The van der Waals surface area contributed by atoms with E-state index in [-0.39, 0.29) is 11.8 Å². The van der Waals surface area contributed by atoms with Crippen molar-refractivity contribution in [1.82, 2.24) is 9.88 Å². The number of ether oxygens (including phenoxy) is 2. The Bertz CT molecular complexity index is 811. The van der Waals surface area contributed by atoms with Crippen LogP contribution in [0, 0.1) is 0 Å². The molecule has 1 fully saturated rings. The Morgan fingerprint density at radius 3 is 2.77 bits per heavy atom. The molecule has 8 heteroatoms. The molecule has 0 saturated carbocycles. The van der Waals surface area contributed by atoms with Crippen molar-refractivity contribution in [3.8, 4) is 11.5 Å². The van der Waals surface area contributed by atoms with Gasteiger partial charge in [-0.3, -0.25) is 9.59 Å². The fourth-order valence-corrected chi connectivity index (χ4v) is 3.86. The minimum Gasteiger partial charge on any atom is -0.482 e. The van der Waals surface area contributed by atoms with Gasteiger partial charge >= 0.3 is 0 Å². The van der Waals surface area contributed by atoms with E-state index in [1.165, 1.54) is 11.3 Å². The molecule has 3 heterocycles. The van der Waals surface area contributed by atoms with Crippen LogP contribution in [0.5, 0.6) is 11.5 Å². The van der Waals surface area contributed by atoms with Crippen LogP contribution in [0.25, 0.3) is 0 Å². The molecule has 2 amide bonds. The lowest BCUT2D eigenvalue weighted by Crippen LogP contribution is -2.54. The first-order valence-corrected chi connectivity index (χ1v) is 9.44. The summed E-state index contributed by atoms with van der Waals surface area (Å²) in [4.78, 5) is 31.3. The topological polar surface area (TPSA) is 80.8 Å². The van der Waals surface area contributed by atoms with E-state index >= 15 is 0 Å². The Labute approximate surface area is 154 Å². The van der Waals surface area contributed by atoms with Crippen molar-refractivity contribution in [2.75, 3.05) is 11.9 Å². The summed E-state index contributed by atoms with van der Waals surface area (Å²) in [6, 6.07) is 6.76. The highest BCUT2D eigenvalue weighted by atomic mass is 32.1. The maximum Gasteiger partial charge on any atom is 0.268 e. The molecule has 0 radical (unpaired) electrons. The third kappa shape index (κ3) is 3.12. The Balaban J connectivity index is 1.49. The second kappa shape index (κ2) is 6.95. The van der Waals surface area contributed by atoms with Gasteiger partial charge in [-0.25, -0.2) is 4.98 Å². The molecular weight excluding hydrogens is 354 g/mol. The highest BCUT2D eigenvalue weighted by Crippen LogP contribution is 2.34. The second-order valence-electron chi connectivity index (χ2n) is 6.32. The summed E-state index contributed by atoms with van der Waals surface area (Å²) in [6.45, 7) is 2.34. The smallest absolute Gasteiger partial charge is 0.268 e. The van der Waals surface area contributed by atoms with E-state index in [0.717, 1.165) is 6.42 Å². The normalized spacial score (nSPS) is 24.3. The van der Waals surface area contributed by atoms with Gasteiger partial charge in [0.25, 0.3) is 5.91 Å². The van der Waals surface area contributed by atoms with Crippen molar-refractivity contribution in [3.63, 3.8) is 0 Å². The summed E-state index contributed by atoms with van der Waals surface area (Å²) in [6.07, 6.45) is 1.84. The van der Waals surface area contributed by atoms with Crippen molar-refractivity contribution < 1.29 is 19.1 Å². The van der Waals surface area contributed by atoms with Crippen LogP contribution in [-0.4, -0.2) is 46.5 Å². The zero-order chi connectivity index (χ0) is 18.1. The molecule has 3 unspecified atom stereocenters. The molecule has 2 aliphatic heterocycles. The number of amides is 2. The van der Waals surface area contributed by atoms with Crippen LogP contribution in [0.3, 0.4) is 0 Å². The molecule has 1 aromatic heterocycles. The molecule has 1 N–H and O–H groups in total. The third-order valence-corrected chi connectivity index (χ3v) is 5.28. The summed E-state index contributed by atoms with van der Waals surface area (Å²) in [7, 11) is 0. The maximum atomic E-state index is 13.1. The number of hydrogen-bond acceptors (Lipinski definition) is 6. The predicted molar refractivity (Wildman–Crippen MR) is 96.4 cm³/mol. The molecule has 2 aliphatic rings. The Morgan fingerprint density at radius 2 is 2.04 bits per heavy atom. The van der Waals surface area contributed by atoms with Crippen LogP contribution >= 0.6 is 11.3 Å². The quantitative estimate of drug-likeness (QED) is 0.893. The molecule has 1 aromatic carbocycles. The number of para-hydroxylation sites is 2. The summed E-state index contributed by atoms with van der Waals surface area (Å²) in [5, 5.41) is 5.11. The van der Waals surface area contributed by atoms with Crippen LogP contribution < -0.4 is 14.8 Å². The average molecular weight is 373 g/mol. The van der Waals surface area contributed by atoms with Gasteiger partial charge in [-0.05, 0) is 31.9 Å². The molecule has 0 spiro atoms. The Morgan fingerprint density at radius 1 is 1.27 bits per heavy atom. The molecule has 4 rings (SSSR count). The highest BCUT2D eigenvalue weighted by Gasteiger charge is 2.42. The standard InChI is InChI=1S/C18H19N3O4S/c1-11-15(25-14-7-3-2-6-13(14)24-11)17(23)21-9-4-5-12(21)16(22)20-18-19-8-10-26-18/h2-3,6-8,10-12,15H,4-5,9H2,1H3,(H,19,20,22). The Hall–Kier alpha value is -2.61. The van der Waals surface area contributed by atoms with E-state index in [9.17, 15) is 9.59 Å². The minimum atomic E-state index is -0.766. The number of rotatable bonds is 3. The molecule has 1 saturated heterocycles. The van der Waals surface area contributed by atoms with Gasteiger partial charge in [0.05, 0.1) is 0 Å². The van der Waals surface area contributed by atoms with E-state index in [2.05, 4.69) is 10.3 Å². The first-order valence-electron chi connectivity index (χ1n) is 8.56. The van der Waals surface area contributed by atoms with Crippen LogP contribution in [0.1, 0.15) is 19.8 Å². The number of thiazole rings is 1. The van der Waals surface area contributed by atoms with Gasteiger partial charge in [0.15, 0.2) is 16.6 Å². The fraction of sp³-hybridized carbons (Fsp3) is 0.389. The van der Waals surface area contributed by atoms with Gasteiger partial charge in [0.2, 0.25) is 12.0 Å². The van der Waals surface area contributed by atoms with Gasteiger partial charge in [0.1, 0.15) is 12.1 Å². The number of anilines is 1. The predicted octanol–water partition coefficient (Wildman–Crippen LogP) is 2.30. The SMILES string of the molecule is CC1Oc2ccccc2OC1C(=O)N1CCCC1C(=O)Nc1nccs1. The number of nitrogens with zero attached hydrogens (tertiary/aromatic N) is 2. The lowest BCUT2D eigenvalue weighted by molar-refractivity contribution is -0.147. The zero-order valence-corrected chi connectivity index (χ0v) is 15.1. The minimum absolute atomic E-state index is 0.212. The van der Waals surface area contributed by atoms with E-state index in [1.807, 2.05) is 18.2 Å². The van der Waals surface area contributed by atoms with Crippen molar-refractivity contribution in [2.45, 2.75) is 38.0 Å². The number of benzene rings is 1. The van der Waals surface area contributed by atoms with Crippen molar-refractivity contribution >= 4 is 28.3 Å². The van der Waals surface area contributed by atoms with Crippen LogP contribution in [0.2, 0.25) is 0 Å². The summed E-state index contributed by atoms with van der Waals surface area (Å²) in [5.41, 5.74) is 0. The summed E-state index contributed by atoms with van der Waals surface area (Å²) >= 11 is 1.35. The van der Waals surface area contributed by atoms with E-state index in [1.54, 1.807) is 29.5 Å². The van der Waals surface area contributed by atoms with Crippen LogP contribution in [0.15, 0.2) is 35.8 Å². The van der Waals surface area contributed by atoms with E-state index < -0.39 is 18.2 Å². The van der Waals surface area contributed by atoms with E-state index in [4.69, 9.17) is 9.47 Å². The molecule has 0 aliphatic carbocycles. The van der Waals surface area contributed by atoms with E-state index in [0.29, 0.717) is 29.6 Å². The van der Waals surface area contributed by atoms with Gasteiger partial charge in [0, 0.05) is 18.1 Å². The summed E-state index contributed by atoms with van der Waals surface area (Å²) in [5.74, 6) is 0.745. The number of nitrogens with one attached hydrogen (secondary N) is 1. The lowest BCUT2D eigenvalue weighted by Gasteiger charge is -2.34. The lowest BCUT2D eigenvalue weighted by atomic mass is 10.1. The highest BCUT2D eigenvalue weighted by molar-refractivity contribution is 7.13. The number of aromatic nitrogens is 1. The molecule has 3 atom stereocenters. The van der Waals surface area contributed by atoms with Crippen molar-refractivity contribution in [1.29, 1.82) is 0 Å². The fourth-order valence-electron chi connectivity index (χ4n) is 3.33. The number of hydrogen-bond donors (Lipinski definition) is 1. The number of likely N-dealkylation sites (tertiary alicyclic amines) is 1. The first-order chi connectivity index (χ1) is 12.6. The average Bonchev–Trinajstić information content (AvgIpc) is 3.32. The number of carbonyl (C=O) groups excluding carboxylic acids is 2. The first kappa shape index (κ1) is 16.8. The second-order valence-corrected chi connectivity index (χ2v) is 7.22. The van der Waals surface area contributed by atoms with Crippen LogP contribution in [0.4, 0.5) is 5.13 Å². The molecule has 0 bridgehead atoms. The van der Waals surface area contributed by atoms with Gasteiger partial charge in [-0.1, -0.05) is 12.1 Å². The largest absolute Gasteiger partial charge is 0.482 e. The molecule has 7 nitrogen and oxygen atoms in total. The monoisotopic (exact) mass is 373 g/mol. The van der Waals surface area contributed by atoms with Crippen LogP contribution in [-0.2, 0) is 9.59 Å². The molecule has 2 aromatic rings. The van der Waals surface area contributed by atoms with Crippen molar-refractivity contribution in [3.05, 3.63) is 35.8 Å². The maximum absolute atomic E-state index is 13.1. The summed E-state index contributed by atoms with van der Waals surface area (Å²) < 4.78 is 11.7. The van der Waals surface area contributed by atoms with Crippen molar-refractivity contribution in [2.24, 2.45) is 0 Å². The Kier molecular flexibility index (Phi) is 4.50.